The molecule has 20 heavy (non-hydrogen) atoms. The molecular weight excluding hydrogens is 278 g/mol. The Morgan fingerprint density at radius 2 is 2.05 bits per heavy atom. The number of aliphatic carboxylic acids is 1. The van der Waals surface area contributed by atoms with Crippen LogP contribution >= 0.6 is 11.6 Å². The normalized spacial score (nSPS) is 21.4. The number of hydrogen-bond acceptors (Lipinski definition) is 2. The summed E-state index contributed by atoms with van der Waals surface area (Å²) >= 11 is 6.11. The van der Waals surface area contributed by atoms with Gasteiger partial charge in [0.05, 0.1) is 5.41 Å². The number of nitrogens with one attached hydrogen (secondary N) is 1. The molecule has 0 spiro atoms. The second kappa shape index (κ2) is 5.44. The van der Waals surface area contributed by atoms with Gasteiger partial charge in [0.15, 0.2) is 0 Å². The fourth-order valence-corrected chi connectivity index (χ4v) is 2.39. The Morgan fingerprint density at radius 3 is 2.65 bits per heavy atom. The summed E-state index contributed by atoms with van der Waals surface area (Å²) in [5.41, 5.74) is 0.0385. The number of hydrogen-bond donors (Lipinski definition) is 2. The van der Waals surface area contributed by atoms with Gasteiger partial charge in [0.2, 0.25) is 5.91 Å². The van der Waals surface area contributed by atoms with E-state index < -0.39 is 11.4 Å². The molecule has 1 amide bonds. The third-order valence-electron chi connectivity index (χ3n) is 3.72. The zero-order valence-electron chi connectivity index (χ0n) is 11.5. The van der Waals surface area contributed by atoms with E-state index in [-0.39, 0.29) is 24.3 Å². The SMILES string of the molecule is CC(C)(CNC(=O)[C@H]1C[C@@H]1c1ccccc1Cl)C(=O)O. The van der Waals surface area contributed by atoms with Gasteiger partial charge in [-0.05, 0) is 37.8 Å². The van der Waals surface area contributed by atoms with Gasteiger partial charge in [0.1, 0.15) is 0 Å². The van der Waals surface area contributed by atoms with Crippen LogP contribution in [0.3, 0.4) is 0 Å². The molecule has 1 aliphatic carbocycles. The van der Waals surface area contributed by atoms with E-state index in [0.717, 1.165) is 12.0 Å². The van der Waals surface area contributed by atoms with Gasteiger partial charge in [-0.3, -0.25) is 9.59 Å². The first-order valence-corrected chi connectivity index (χ1v) is 6.96. The molecule has 2 atom stereocenters. The average Bonchev–Trinajstić information content (AvgIpc) is 3.16. The number of carbonyl (C=O) groups excluding carboxylic acids is 1. The van der Waals surface area contributed by atoms with Gasteiger partial charge in [-0.25, -0.2) is 0 Å². The lowest BCUT2D eigenvalue weighted by Crippen LogP contribution is -2.39. The van der Waals surface area contributed by atoms with Crippen molar-refractivity contribution in [3.63, 3.8) is 0 Å². The van der Waals surface area contributed by atoms with Crippen molar-refractivity contribution in [3.8, 4) is 0 Å². The third kappa shape index (κ3) is 3.12. The highest BCUT2D eigenvalue weighted by Crippen LogP contribution is 2.49. The van der Waals surface area contributed by atoms with Gasteiger partial charge >= 0.3 is 5.97 Å². The van der Waals surface area contributed by atoms with Crippen LogP contribution in [0.4, 0.5) is 0 Å². The molecule has 1 saturated carbocycles. The van der Waals surface area contributed by atoms with E-state index in [0.29, 0.717) is 5.02 Å². The van der Waals surface area contributed by atoms with Crippen molar-refractivity contribution < 1.29 is 14.7 Å². The summed E-state index contributed by atoms with van der Waals surface area (Å²) in [5, 5.41) is 12.4. The number of amides is 1. The lowest BCUT2D eigenvalue weighted by atomic mass is 9.94. The van der Waals surface area contributed by atoms with Gasteiger partial charge < -0.3 is 10.4 Å². The van der Waals surface area contributed by atoms with Crippen molar-refractivity contribution in [2.75, 3.05) is 6.54 Å². The highest BCUT2D eigenvalue weighted by molar-refractivity contribution is 6.31. The molecule has 0 aliphatic heterocycles. The molecule has 0 aromatic heterocycles. The topological polar surface area (TPSA) is 66.4 Å². The van der Waals surface area contributed by atoms with Crippen LogP contribution in [0.25, 0.3) is 0 Å². The van der Waals surface area contributed by atoms with E-state index >= 15 is 0 Å². The first kappa shape index (κ1) is 14.9. The molecule has 0 bridgehead atoms. The van der Waals surface area contributed by atoms with Crippen LogP contribution in [0, 0.1) is 11.3 Å². The Labute approximate surface area is 123 Å². The predicted octanol–water partition coefficient (Wildman–Crippen LogP) is 2.67. The molecule has 4 nitrogen and oxygen atoms in total. The lowest BCUT2D eigenvalue weighted by Gasteiger charge is -2.19. The van der Waals surface area contributed by atoms with Crippen LogP contribution in [0.5, 0.6) is 0 Å². The number of halogens is 1. The summed E-state index contributed by atoms with van der Waals surface area (Å²) in [6.07, 6.45) is 0.767. The van der Waals surface area contributed by atoms with Crippen LogP contribution in [0.15, 0.2) is 24.3 Å². The maximum atomic E-state index is 12.0. The zero-order chi connectivity index (χ0) is 14.9. The molecule has 0 radical (unpaired) electrons. The van der Waals surface area contributed by atoms with Crippen molar-refractivity contribution in [1.82, 2.24) is 5.32 Å². The maximum absolute atomic E-state index is 12.0. The highest BCUT2D eigenvalue weighted by atomic mass is 35.5. The third-order valence-corrected chi connectivity index (χ3v) is 4.06. The lowest BCUT2D eigenvalue weighted by molar-refractivity contribution is -0.146. The molecule has 1 aliphatic rings. The second-order valence-electron chi connectivity index (χ2n) is 5.88. The monoisotopic (exact) mass is 295 g/mol. The summed E-state index contributed by atoms with van der Waals surface area (Å²) in [7, 11) is 0. The van der Waals surface area contributed by atoms with Crippen molar-refractivity contribution in [1.29, 1.82) is 0 Å². The first-order chi connectivity index (χ1) is 9.33. The van der Waals surface area contributed by atoms with Crippen LogP contribution < -0.4 is 5.32 Å². The number of carboxylic acid groups (broad SMARTS) is 1. The fourth-order valence-electron chi connectivity index (χ4n) is 2.12. The van der Waals surface area contributed by atoms with Crippen LogP contribution in [0.1, 0.15) is 31.7 Å². The van der Waals surface area contributed by atoms with E-state index in [1.54, 1.807) is 13.8 Å². The minimum atomic E-state index is -0.954. The molecule has 0 heterocycles. The Kier molecular flexibility index (Phi) is 4.04. The second-order valence-corrected chi connectivity index (χ2v) is 6.28. The van der Waals surface area contributed by atoms with Gasteiger partial charge in [-0.15, -0.1) is 0 Å². The first-order valence-electron chi connectivity index (χ1n) is 6.58. The van der Waals surface area contributed by atoms with Crippen molar-refractivity contribution >= 4 is 23.5 Å². The molecule has 5 heteroatoms. The Bertz CT molecular complexity index is 542. The standard InChI is InChI=1S/C15H18ClNO3/c1-15(2,14(19)20)8-17-13(18)11-7-10(11)9-5-3-4-6-12(9)16/h3-6,10-11H,7-8H2,1-2H3,(H,17,18)(H,19,20)/t10-,11+/m1/s1. The quantitative estimate of drug-likeness (QED) is 0.877. The van der Waals surface area contributed by atoms with Crippen LogP contribution in [-0.4, -0.2) is 23.5 Å². The molecule has 1 fully saturated rings. The van der Waals surface area contributed by atoms with Crippen LogP contribution in [0.2, 0.25) is 5.02 Å². The van der Waals surface area contributed by atoms with E-state index in [9.17, 15) is 9.59 Å². The summed E-state index contributed by atoms with van der Waals surface area (Å²) < 4.78 is 0. The Morgan fingerprint density at radius 1 is 1.40 bits per heavy atom. The molecule has 1 aromatic carbocycles. The van der Waals surface area contributed by atoms with Gasteiger partial charge in [0, 0.05) is 17.5 Å². The van der Waals surface area contributed by atoms with E-state index in [2.05, 4.69) is 5.32 Å². The van der Waals surface area contributed by atoms with Gasteiger partial charge in [-0.1, -0.05) is 29.8 Å². The number of carbonyl (C=O) groups is 2. The Balaban J connectivity index is 1.91. The summed E-state index contributed by atoms with van der Waals surface area (Å²) in [6.45, 7) is 3.31. The number of rotatable bonds is 5. The average molecular weight is 296 g/mol. The largest absolute Gasteiger partial charge is 0.481 e. The van der Waals surface area contributed by atoms with Gasteiger partial charge in [-0.2, -0.15) is 0 Å². The predicted molar refractivity (Wildman–Crippen MR) is 76.7 cm³/mol. The number of benzene rings is 1. The minimum Gasteiger partial charge on any atom is -0.481 e. The molecule has 0 saturated heterocycles. The van der Waals surface area contributed by atoms with Gasteiger partial charge in [0.25, 0.3) is 0 Å². The highest BCUT2D eigenvalue weighted by Gasteiger charge is 2.45. The van der Waals surface area contributed by atoms with Crippen molar-refractivity contribution in [2.24, 2.45) is 11.3 Å². The Hall–Kier alpha value is -1.55. The van der Waals surface area contributed by atoms with E-state index in [1.807, 2.05) is 24.3 Å². The summed E-state index contributed by atoms with van der Waals surface area (Å²) in [6, 6.07) is 7.51. The van der Waals surface area contributed by atoms with E-state index in [1.165, 1.54) is 0 Å². The molecule has 108 valence electrons. The smallest absolute Gasteiger partial charge is 0.310 e. The van der Waals surface area contributed by atoms with Crippen LogP contribution in [-0.2, 0) is 9.59 Å². The number of carboxylic acids is 1. The summed E-state index contributed by atoms with van der Waals surface area (Å²) in [5.74, 6) is -0.961. The molecule has 0 unspecified atom stereocenters. The maximum Gasteiger partial charge on any atom is 0.310 e. The molecule has 2 N–H and O–H groups in total. The molecular formula is C15H18ClNO3. The van der Waals surface area contributed by atoms with Crippen molar-refractivity contribution in [2.45, 2.75) is 26.2 Å². The molecule has 2 rings (SSSR count). The fraction of sp³-hybridized carbons (Fsp3) is 0.467. The van der Waals surface area contributed by atoms with E-state index in [4.69, 9.17) is 16.7 Å². The van der Waals surface area contributed by atoms with Crippen molar-refractivity contribution in [3.05, 3.63) is 34.9 Å². The molecule has 1 aromatic rings. The minimum absolute atomic E-state index is 0.0933. The zero-order valence-corrected chi connectivity index (χ0v) is 12.3. The summed E-state index contributed by atoms with van der Waals surface area (Å²) in [4.78, 5) is 23.0.